The molecule has 3 rings (SSSR count). The zero-order valence-electron chi connectivity index (χ0n) is 20.4. The number of alkyl halides is 1. The highest BCUT2D eigenvalue weighted by atomic mass is 35.5. The van der Waals surface area contributed by atoms with Crippen LogP contribution < -0.4 is 9.47 Å². The number of ether oxygens (including phenoxy) is 3. The number of aliphatic hydroxyl groups is 2. The van der Waals surface area contributed by atoms with E-state index in [2.05, 4.69) is 18.7 Å². The van der Waals surface area contributed by atoms with Crippen molar-refractivity contribution in [3.8, 4) is 11.5 Å². The Kier molecular flexibility index (Phi) is 9.98. The van der Waals surface area contributed by atoms with Crippen LogP contribution in [-0.4, -0.2) is 78.8 Å². The summed E-state index contributed by atoms with van der Waals surface area (Å²) in [5.74, 6) is 1.04. The molecule has 9 heteroatoms. The molecule has 35 heavy (non-hydrogen) atoms. The van der Waals surface area contributed by atoms with Gasteiger partial charge in [-0.15, -0.1) is 11.6 Å². The maximum absolute atomic E-state index is 10.3. The van der Waals surface area contributed by atoms with Gasteiger partial charge in [-0.25, -0.2) is 0 Å². The van der Waals surface area contributed by atoms with E-state index in [0.717, 1.165) is 24.2 Å². The van der Waals surface area contributed by atoms with Crippen LogP contribution in [-0.2, 0) is 10.2 Å². The van der Waals surface area contributed by atoms with Crippen molar-refractivity contribution in [2.75, 3.05) is 51.9 Å². The molecular weight excluding hydrogens is 513 g/mol. The van der Waals surface area contributed by atoms with E-state index in [1.807, 2.05) is 36.4 Å². The number of hydrogen-bond donors (Lipinski definition) is 2. The SMILES string of the molecule is CC(O)(CCl)COc1c(Cl)cc(C(C)(C)c2ccc(OC[C@H](O)CN3CCOCC3)cc2)cc1Cl. The fourth-order valence-corrected chi connectivity index (χ4v) is 4.46. The minimum atomic E-state index is -1.19. The molecule has 0 spiro atoms. The lowest BCUT2D eigenvalue weighted by Crippen LogP contribution is -2.42. The van der Waals surface area contributed by atoms with Crippen LogP contribution in [0, 0.1) is 0 Å². The zero-order valence-corrected chi connectivity index (χ0v) is 22.7. The summed E-state index contributed by atoms with van der Waals surface area (Å²) in [7, 11) is 0. The first kappa shape index (κ1) is 28.3. The van der Waals surface area contributed by atoms with E-state index < -0.39 is 17.1 Å². The van der Waals surface area contributed by atoms with E-state index in [0.29, 0.717) is 41.3 Å². The summed E-state index contributed by atoms with van der Waals surface area (Å²) in [6.45, 7) is 9.57. The third kappa shape index (κ3) is 7.86. The summed E-state index contributed by atoms with van der Waals surface area (Å²) < 4.78 is 16.8. The van der Waals surface area contributed by atoms with Crippen LogP contribution in [0.5, 0.6) is 11.5 Å². The Labute approximate surface area is 222 Å². The standard InChI is InChI=1S/C26H34Cl3NO5/c1-25(2,19-12-22(28)24(23(29)13-19)35-17-26(3,32)16-27)18-4-6-21(7-5-18)34-15-20(31)14-30-8-10-33-11-9-30/h4-7,12-13,20,31-32H,8-11,14-17H2,1-3H3/t20-,26?/m1/s1. The van der Waals surface area contributed by atoms with Gasteiger partial charge < -0.3 is 24.4 Å². The molecule has 1 aliphatic rings. The van der Waals surface area contributed by atoms with Gasteiger partial charge in [0.25, 0.3) is 0 Å². The van der Waals surface area contributed by atoms with Gasteiger partial charge >= 0.3 is 0 Å². The van der Waals surface area contributed by atoms with Crippen molar-refractivity contribution in [3.63, 3.8) is 0 Å². The van der Waals surface area contributed by atoms with Crippen LogP contribution in [0.15, 0.2) is 36.4 Å². The van der Waals surface area contributed by atoms with Gasteiger partial charge in [0, 0.05) is 25.0 Å². The second-order valence-corrected chi connectivity index (χ2v) is 10.8. The summed E-state index contributed by atoms with van der Waals surface area (Å²) in [5.41, 5.74) is 0.374. The lowest BCUT2D eigenvalue weighted by molar-refractivity contribution is 0.00465. The fraction of sp³-hybridized carbons (Fsp3) is 0.538. The molecule has 0 saturated carbocycles. The molecule has 2 N–H and O–H groups in total. The highest BCUT2D eigenvalue weighted by molar-refractivity contribution is 6.37. The maximum atomic E-state index is 10.3. The zero-order chi connectivity index (χ0) is 25.6. The molecule has 0 aromatic heterocycles. The van der Waals surface area contributed by atoms with Crippen LogP contribution in [0.1, 0.15) is 31.9 Å². The number of halogens is 3. The van der Waals surface area contributed by atoms with Gasteiger partial charge in [0.05, 0.1) is 29.1 Å². The first-order valence-corrected chi connectivity index (χ1v) is 12.9. The third-order valence-electron chi connectivity index (χ3n) is 6.13. The van der Waals surface area contributed by atoms with E-state index in [1.54, 1.807) is 6.92 Å². The number of morpholine rings is 1. The molecule has 0 radical (unpaired) electrons. The number of nitrogens with zero attached hydrogens (tertiary/aromatic N) is 1. The number of β-amino-alcohol motifs (C(OH)–C–C–N with tert-alkyl or cyclic N) is 1. The van der Waals surface area contributed by atoms with E-state index in [9.17, 15) is 10.2 Å². The van der Waals surface area contributed by atoms with Crippen molar-refractivity contribution in [2.45, 2.75) is 37.9 Å². The van der Waals surface area contributed by atoms with E-state index in [4.69, 9.17) is 49.0 Å². The average molecular weight is 547 g/mol. The first-order chi connectivity index (χ1) is 16.5. The smallest absolute Gasteiger partial charge is 0.156 e. The fourth-order valence-electron chi connectivity index (χ4n) is 3.79. The van der Waals surface area contributed by atoms with E-state index in [1.165, 1.54) is 0 Å². The summed E-state index contributed by atoms with van der Waals surface area (Å²) in [6.07, 6.45) is -0.567. The summed E-state index contributed by atoms with van der Waals surface area (Å²) in [4.78, 5) is 2.18. The molecule has 0 bridgehead atoms. The highest BCUT2D eigenvalue weighted by Crippen LogP contribution is 2.41. The largest absolute Gasteiger partial charge is 0.491 e. The van der Waals surface area contributed by atoms with Gasteiger partial charge in [-0.3, -0.25) is 4.90 Å². The summed E-state index contributed by atoms with van der Waals surface area (Å²) in [5, 5.41) is 21.1. The molecule has 2 aromatic rings. The molecule has 194 valence electrons. The molecular formula is C26H34Cl3NO5. The third-order valence-corrected chi connectivity index (χ3v) is 7.26. The van der Waals surface area contributed by atoms with Gasteiger partial charge in [-0.05, 0) is 42.3 Å². The lowest BCUT2D eigenvalue weighted by atomic mass is 9.78. The van der Waals surface area contributed by atoms with Gasteiger partial charge in [0.15, 0.2) is 5.75 Å². The van der Waals surface area contributed by atoms with Crippen LogP contribution in [0.4, 0.5) is 0 Å². The van der Waals surface area contributed by atoms with Crippen molar-refractivity contribution in [2.24, 2.45) is 0 Å². The molecule has 1 unspecified atom stereocenters. The first-order valence-electron chi connectivity index (χ1n) is 11.6. The molecule has 2 atom stereocenters. The minimum absolute atomic E-state index is 0.0265. The lowest BCUT2D eigenvalue weighted by Gasteiger charge is -2.29. The van der Waals surface area contributed by atoms with Crippen molar-refractivity contribution in [1.29, 1.82) is 0 Å². The average Bonchev–Trinajstić information content (AvgIpc) is 2.83. The number of hydrogen-bond acceptors (Lipinski definition) is 6. The normalized spacial score (nSPS) is 17.6. The number of benzene rings is 2. The molecule has 2 aromatic carbocycles. The molecule has 1 fully saturated rings. The van der Waals surface area contributed by atoms with Gasteiger partial charge in [0.1, 0.15) is 30.7 Å². The van der Waals surface area contributed by atoms with Gasteiger partial charge in [-0.2, -0.15) is 0 Å². The van der Waals surface area contributed by atoms with Crippen LogP contribution in [0.3, 0.4) is 0 Å². The molecule has 1 aliphatic heterocycles. The van der Waals surface area contributed by atoms with Gasteiger partial charge in [-0.1, -0.05) is 49.2 Å². The topological polar surface area (TPSA) is 71.4 Å². The van der Waals surface area contributed by atoms with E-state index in [-0.39, 0.29) is 19.1 Å². The predicted molar refractivity (Wildman–Crippen MR) is 141 cm³/mol. The Morgan fingerprint density at radius 3 is 2.17 bits per heavy atom. The Morgan fingerprint density at radius 2 is 1.60 bits per heavy atom. The van der Waals surface area contributed by atoms with Crippen molar-refractivity contribution in [3.05, 3.63) is 57.6 Å². The van der Waals surface area contributed by atoms with Crippen LogP contribution in [0.2, 0.25) is 10.0 Å². The highest BCUT2D eigenvalue weighted by Gasteiger charge is 2.27. The molecule has 1 saturated heterocycles. The van der Waals surface area contributed by atoms with Gasteiger partial charge in [0.2, 0.25) is 0 Å². The monoisotopic (exact) mass is 545 g/mol. The Bertz CT molecular complexity index is 939. The Balaban J connectivity index is 1.63. The van der Waals surface area contributed by atoms with Crippen molar-refractivity contribution in [1.82, 2.24) is 4.90 Å². The molecule has 0 aliphatic carbocycles. The summed E-state index contributed by atoms with van der Waals surface area (Å²) in [6, 6.07) is 11.4. The van der Waals surface area contributed by atoms with Crippen LogP contribution in [0.25, 0.3) is 0 Å². The van der Waals surface area contributed by atoms with Crippen molar-refractivity contribution < 1.29 is 24.4 Å². The second-order valence-electron chi connectivity index (χ2n) is 9.72. The molecule has 6 nitrogen and oxygen atoms in total. The number of rotatable bonds is 11. The predicted octanol–water partition coefficient (Wildman–Crippen LogP) is 4.76. The van der Waals surface area contributed by atoms with Crippen molar-refractivity contribution >= 4 is 34.8 Å². The second kappa shape index (κ2) is 12.3. The van der Waals surface area contributed by atoms with Crippen LogP contribution >= 0.6 is 34.8 Å². The maximum Gasteiger partial charge on any atom is 0.156 e. The quantitative estimate of drug-likeness (QED) is 0.396. The molecule has 1 heterocycles. The number of aliphatic hydroxyl groups excluding tert-OH is 1. The Hall–Kier alpha value is -1.25. The minimum Gasteiger partial charge on any atom is -0.491 e. The molecule has 0 amide bonds. The Morgan fingerprint density at radius 1 is 1.00 bits per heavy atom. The summed E-state index contributed by atoms with van der Waals surface area (Å²) >= 11 is 18.7. The van der Waals surface area contributed by atoms with E-state index >= 15 is 0 Å².